The Morgan fingerprint density at radius 2 is 1.73 bits per heavy atom. The number of hydrogen-bond donors (Lipinski definition) is 4. The first-order valence-corrected chi connectivity index (χ1v) is 18.4. The van der Waals surface area contributed by atoms with E-state index >= 15 is 0 Å². The number of hydrogen-bond acceptors (Lipinski definition) is 11. The number of nitrogens with two attached hydrogens (primary N) is 1. The van der Waals surface area contributed by atoms with E-state index in [-0.39, 0.29) is 17.5 Å². The topological polar surface area (TPSA) is 179 Å². The van der Waals surface area contributed by atoms with Gasteiger partial charge in [0.25, 0.3) is 5.91 Å². The van der Waals surface area contributed by atoms with Crippen molar-refractivity contribution < 1.29 is 18.9 Å². The minimum atomic E-state index is -0.609. The number of H-pyrrole nitrogens is 1. The van der Waals surface area contributed by atoms with Crippen LogP contribution in [0.15, 0.2) is 53.3 Å². The predicted molar refractivity (Wildman–Crippen MR) is 197 cm³/mol. The predicted octanol–water partition coefficient (Wildman–Crippen LogP) is 4.52. The molecule has 9 rings (SSSR count). The second-order valence-corrected chi connectivity index (χ2v) is 14.5. The maximum atomic E-state index is 12.7. The Balaban J connectivity index is 0.824. The number of aromatic amines is 1. The lowest BCUT2D eigenvalue weighted by Gasteiger charge is -2.47. The van der Waals surface area contributed by atoms with Crippen LogP contribution < -0.4 is 26.2 Å². The molecule has 1 unspecified atom stereocenters. The summed E-state index contributed by atoms with van der Waals surface area (Å²) in [6, 6.07) is 12.9. The van der Waals surface area contributed by atoms with Crippen molar-refractivity contribution in [3.8, 4) is 0 Å². The van der Waals surface area contributed by atoms with E-state index in [1.54, 1.807) is 6.20 Å². The minimum absolute atomic E-state index is 0.134. The van der Waals surface area contributed by atoms with Gasteiger partial charge in [0, 0.05) is 80.6 Å². The van der Waals surface area contributed by atoms with E-state index in [0.29, 0.717) is 36.3 Å². The van der Waals surface area contributed by atoms with Crippen LogP contribution >= 0.6 is 0 Å². The summed E-state index contributed by atoms with van der Waals surface area (Å²) in [5.74, 6) is -0.100. The summed E-state index contributed by atoms with van der Waals surface area (Å²) in [7, 11) is 0. The van der Waals surface area contributed by atoms with Gasteiger partial charge in [-0.15, -0.1) is 0 Å². The van der Waals surface area contributed by atoms with Crippen molar-refractivity contribution in [2.45, 2.75) is 62.8 Å². The fourth-order valence-electron chi connectivity index (χ4n) is 8.54. The highest BCUT2D eigenvalue weighted by Crippen LogP contribution is 2.41. The summed E-state index contributed by atoms with van der Waals surface area (Å²) in [5.41, 5.74) is 11.3. The number of nitrogens with zero attached hydrogens (tertiary/aromatic N) is 6. The van der Waals surface area contributed by atoms with Gasteiger partial charge in [0.2, 0.25) is 11.8 Å². The zero-order chi connectivity index (χ0) is 35.3. The van der Waals surface area contributed by atoms with Crippen LogP contribution in [0.3, 0.4) is 0 Å². The molecule has 5 N–H and O–H groups in total. The first kappa shape index (κ1) is 32.4. The van der Waals surface area contributed by atoms with E-state index in [0.717, 1.165) is 98.3 Å². The molecule has 0 aliphatic carbocycles. The summed E-state index contributed by atoms with van der Waals surface area (Å²) in [5, 5.41) is 10.6. The van der Waals surface area contributed by atoms with E-state index in [9.17, 15) is 14.4 Å². The van der Waals surface area contributed by atoms with Gasteiger partial charge in [-0.25, -0.2) is 15.1 Å². The van der Waals surface area contributed by atoms with Gasteiger partial charge in [0.05, 0.1) is 28.7 Å². The highest BCUT2D eigenvalue weighted by atomic mass is 16.5. The fraction of sp³-hybridized carbons (Fsp3) is 0.421. The van der Waals surface area contributed by atoms with E-state index < -0.39 is 11.8 Å². The Bertz CT molecular complexity index is 2160. The first-order chi connectivity index (χ1) is 25.4. The van der Waals surface area contributed by atoms with Crippen LogP contribution in [0.25, 0.3) is 21.9 Å². The number of anilines is 4. The van der Waals surface area contributed by atoms with Gasteiger partial charge in [0.1, 0.15) is 5.82 Å². The number of fused-ring (bicyclic) bond motifs is 3. The number of benzene rings is 2. The molecule has 3 aromatic heterocycles. The van der Waals surface area contributed by atoms with Gasteiger partial charge >= 0.3 is 0 Å². The van der Waals surface area contributed by atoms with Crippen LogP contribution in [0.4, 0.5) is 23.0 Å². The number of primary amides is 1. The number of amides is 3. The molecule has 3 amide bonds. The standard InChI is InChI=1S/C38H42N10O4/c39-36(50)35-37(43-30(19-41-35)47-14-2-1-3-15-47)42-23-4-6-24(7-5-23)46-16-11-25(12-17-46)48-20-22(21-48)28-18-29-32(26-10-13-40-33(26)28)34(45-52-29)27-8-9-31(49)44-38(27)51/h4-7,10,13,18-19,22,25,27,45H,1-3,8-9,11-12,14-17,20-21H2,(H2,39,50)(H,42,43)(H,44,49,51). The lowest BCUT2D eigenvalue weighted by atomic mass is 9.85. The molecule has 52 heavy (non-hydrogen) atoms. The largest absolute Gasteiger partial charge is 0.382 e. The quantitative estimate of drug-likeness (QED) is 0.167. The maximum absolute atomic E-state index is 12.7. The van der Waals surface area contributed by atoms with Crippen LogP contribution in [0.5, 0.6) is 0 Å². The summed E-state index contributed by atoms with van der Waals surface area (Å²) >= 11 is 0. The molecule has 0 saturated carbocycles. The van der Waals surface area contributed by atoms with Gasteiger partial charge in [0.15, 0.2) is 17.1 Å². The Kier molecular flexibility index (Phi) is 8.25. The van der Waals surface area contributed by atoms with E-state index in [4.69, 9.17) is 20.2 Å². The van der Waals surface area contributed by atoms with E-state index in [2.05, 4.69) is 53.7 Å². The Morgan fingerprint density at radius 1 is 0.942 bits per heavy atom. The number of carbonyl (C=O) groups is 3. The van der Waals surface area contributed by atoms with Gasteiger partial charge in [-0.2, -0.15) is 0 Å². The molecule has 4 saturated heterocycles. The average Bonchev–Trinajstić information content (AvgIpc) is 3.80. The molecule has 4 fully saturated rings. The summed E-state index contributed by atoms with van der Waals surface area (Å²) in [4.78, 5) is 57.6. The molecule has 5 aromatic rings. The Morgan fingerprint density at radius 3 is 2.48 bits per heavy atom. The zero-order valence-electron chi connectivity index (χ0n) is 28.9. The van der Waals surface area contributed by atoms with Crippen molar-refractivity contribution in [1.82, 2.24) is 30.3 Å². The molecule has 4 aliphatic heterocycles. The molecule has 2 aromatic carbocycles. The van der Waals surface area contributed by atoms with Crippen LogP contribution in [-0.4, -0.2) is 88.0 Å². The summed E-state index contributed by atoms with van der Waals surface area (Å²) in [6.07, 6.45) is 9.85. The van der Waals surface area contributed by atoms with E-state index in [1.807, 2.05) is 24.4 Å². The second kappa shape index (κ2) is 13.2. The van der Waals surface area contributed by atoms with Crippen molar-refractivity contribution in [3.05, 3.63) is 65.7 Å². The lowest BCUT2D eigenvalue weighted by molar-refractivity contribution is -0.134. The van der Waals surface area contributed by atoms with Crippen molar-refractivity contribution in [3.63, 3.8) is 0 Å². The molecule has 14 heteroatoms. The van der Waals surface area contributed by atoms with Gasteiger partial charge in [-0.05, 0) is 80.5 Å². The van der Waals surface area contributed by atoms with Crippen LogP contribution in [0.1, 0.15) is 78.5 Å². The van der Waals surface area contributed by atoms with Crippen molar-refractivity contribution >= 4 is 62.6 Å². The third-order valence-corrected chi connectivity index (χ3v) is 11.4. The smallest absolute Gasteiger partial charge is 0.271 e. The van der Waals surface area contributed by atoms with Gasteiger partial charge in [-0.1, -0.05) is 0 Å². The number of aromatic nitrogens is 4. The number of imide groups is 1. The highest BCUT2D eigenvalue weighted by Gasteiger charge is 2.38. The fourth-order valence-corrected chi connectivity index (χ4v) is 8.54. The SMILES string of the molecule is NC(=O)c1ncc(N2CCCCC2)nc1Nc1ccc(N2CCC(N3CC(c4cc5o[nH]c(C6CCC(=O)NC6=O)c5c5ccnc45)C3)CC2)cc1. The second-order valence-electron chi connectivity index (χ2n) is 14.5. The van der Waals surface area contributed by atoms with Crippen LogP contribution in [-0.2, 0) is 9.59 Å². The molecule has 0 radical (unpaired) electrons. The number of nitrogens with one attached hydrogen (secondary N) is 3. The Labute approximate surface area is 300 Å². The zero-order valence-corrected chi connectivity index (χ0v) is 28.9. The number of piperidine rings is 3. The molecule has 4 aliphatic rings. The minimum Gasteiger partial charge on any atom is -0.382 e. The molecule has 0 spiro atoms. The van der Waals surface area contributed by atoms with Gasteiger partial charge in [-0.3, -0.25) is 29.6 Å². The average molecular weight is 703 g/mol. The maximum Gasteiger partial charge on any atom is 0.271 e. The van der Waals surface area contributed by atoms with Crippen LogP contribution in [0, 0.1) is 0 Å². The third kappa shape index (κ3) is 5.90. The first-order valence-electron chi connectivity index (χ1n) is 18.4. The monoisotopic (exact) mass is 702 g/mol. The molecule has 268 valence electrons. The normalized spacial score (nSPS) is 20.7. The molecule has 1 atom stereocenters. The van der Waals surface area contributed by atoms with Crippen molar-refractivity contribution in [2.75, 3.05) is 54.4 Å². The lowest BCUT2D eigenvalue weighted by Crippen LogP contribution is -2.54. The third-order valence-electron chi connectivity index (χ3n) is 11.4. The summed E-state index contributed by atoms with van der Waals surface area (Å²) < 4.78 is 5.92. The molecule has 7 heterocycles. The number of likely N-dealkylation sites (tertiary alicyclic amines) is 1. The van der Waals surface area contributed by atoms with Gasteiger partial charge < -0.3 is 25.4 Å². The highest BCUT2D eigenvalue weighted by molar-refractivity contribution is 6.10. The van der Waals surface area contributed by atoms with Crippen molar-refractivity contribution in [2.24, 2.45) is 5.73 Å². The molecular formula is C38H42N10O4. The number of rotatable bonds is 8. The molecule has 0 bridgehead atoms. The van der Waals surface area contributed by atoms with Crippen LogP contribution in [0.2, 0.25) is 0 Å². The Hall–Kier alpha value is -5.50. The molecule has 14 nitrogen and oxygen atoms in total. The van der Waals surface area contributed by atoms with E-state index in [1.165, 1.54) is 17.7 Å². The van der Waals surface area contributed by atoms with Crippen molar-refractivity contribution in [1.29, 1.82) is 0 Å². The molecular weight excluding hydrogens is 660 g/mol. The summed E-state index contributed by atoms with van der Waals surface area (Å²) in [6.45, 7) is 5.75. The number of carbonyl (C=O) groups excluding carboxylic acids is 3.